The van der Waals surface area contributed by atoms with Crippen molar-refractivity contribution in [2.75, 3.05) is 13.7 Å². The number of hydrogen-bond acceptors (Lipinski definition) is 12. The van der Waals surface area contributed by atoms with E-state index in [9.17, 15) is 44.1 Å². The fraction of sp³-hybridized carbons (Fsp3) is 0.524. The smallest absolute Gasteiger partial charge is 0.330 e. The second-order valence-electron chi connectivity index (χ2n) is 14.9. The summed E-state index contributed by atoms with van der Waals surface area (Å²) in [5.74, 6) is -5.98. The Labute approximate surface area is 334 Å². The van der Waals surface area contributed by atoms with Gasteiger partial charge in [-0.15, -0.1) is 0 Å². The highest BCUT2D eigenvalue weighted by atomic mass is 16.5. The Hall–Kier alpha value is -5.12. The first kappa shape index (κ1) is 46.3. The van der Waals surface area contributed by atoms with Gasteiger partial charge in [-0.25, -0.2) is 10.2 Å². The highest BCUT2D eigenvalue weighted by molar-refractivity contribution is 5.93. The number of fused-ring (bicyclic) bond motifs is 2. The molecular formula is C42H58N4O11. The molecule has 312 valence electrons. The predicted octanol–water partition coefficient (Wildman–Crippen LogP) is 2.50. The number of ketones is 1. The molecule has 0 spiro atoms. The van der Waals surface area contributed by atoms with Crippen molar-refractivity contribution in [1.82, 2.24) is 21.1 Å². The fourth-order valence-electron chi connectivity index (χ4n) is 6.50. The number of nitrogens with one attached hydrogen (secondary N) is 3. The molecule has 3 unspecified atom stereocenters. The number of carbonyl (C=O) groups is 6. The fourth-order valence-corrected chi connectivity index (χ4v) is 6.50. The number of phenolic OH excluding ortho intramolecular Hbond substituents is 1. The third-order valence-electron chi connectivity index (χ3n) is 10.0. The normalized spacial score (nSPS) is 28.7. The van der Waals surface area contributed by atoms with Gasteiger partial charge in [0.15, 0.2) is 0 Å². The van der Waals surface area contributed by atoms with Gasteiger partial charge in [0.05, 0.1) is 25.2 Å². The molecule has 1 fully saturated rings. The van der Waals surface area contributed by atoms with Gasteiger partial charge in [0.1, 0.15) is 35.8 Å². The molecule has 6 N–H and O–H groups in total. The number of nitrogens with zero attached hydrogens (tertiary/aromatic N) is 1. The number of methoxy groups -OCH3 is 1. The summed E-state index contributed by atoms with van der Waals surface area (Å²) in [6.45, 7) is 8.26. The molecule has 1 saturated heterocycles. The molecule has 15 nitrogen and oxygen atoms in total. The van der Waals surface area contributed by atoms with E-state index in [4.69, 9.17) is 4.74 Å². The second-order valence-corrected chi connectivity index (χ2v) is 14.9. The molecule has 1 aromatic rings. The number of hydrogen-bond donors (Lipinski definition) is 6. The van der Waals surface area contributed by atoms with E-state index < -0.39 is 83.9 Å². The van der Waals surface area contributed by atoms with Gasteiger partial charge >= 0.3 is 11.9 Å². The number of rotatable bonds is 9. The largest absolute Gasteiger partial charge is 0.508 e. The summed E-state index contributed by atoms with van der Waals surface area (Å²) in [6.07, 6.45) is 8.02. The van der Waals surface area contributed by atoms with Gasteiger partial charge < -0.3 is 40.2 Å². The first-order chi connectivity index (χ1) is 27.0. The van der Waals surface area contributed by atoms with Gasteiger partial charge in [0, 0.05) is 37.8 Å². The van der Waals surface area contributed by atoms with Gasteiger partial charge in [-0.1, -0.05) is 69.4 Å². The Morgan fingerprint density at radius 2 is 1.81 bits per heavy atom. The zero-order valence-electron chi connectivity index (χ0n) is 33.6. The Morgan fingerprint density at radius 1 is 1.07 bits per heavy atom. The van der Waals surface area contributed by atoms with Crippen LogP contribution < -0.4 is 16.1 Å². The van der Waals surface area contributed by atoms with Crippen molar-refractivity contribution >= 4 is 35.4 Å². The predicted molar refractivity (Wildman–Crippen MR) is 211 cm³/mol. The van der Waals surface area contributed by atoms with Gasteiger partial charge in [-0.3, -0.25) is 24.2 Å². The maximum Gasteiger partial charge on any atom is 0.330 e. The van der Waals surface area contributed by atoms with Crippen molar-refractivity contribution in [3.8, 4) is 5.75 Å². The van der Waals surface area contributed by atoms with Crippen molar-refractivity contribution < 1.29 is 53.6 Å². The average Bonchev–Trinajstić information content (AvgIpc) is 3.17. The Kier molecular flexibility index (Phi) is 18.3. The molecule has 2 aliphatic heterocycles. The monoisotopic (exact) mass is 794 g/mol. The van der Waals surface area contributed by atoms with Crippen LogP contribution in [0, 0.1) is 17.8 Å². The van der Waals surface area contributed by atoms with E-state index in [1.54, 1.807) is 64.1 Å². The third kappa shape index (κ3) is 14.4. The molecule has 0 aromatic heterocycles. The zero-order valence-corrected chi connectivity index (χ0v) is 33.6. The number of allylic oxidation sites excluding steroid dienone is 4. The van der Waals surface area contributed by atoms with Crippen LogP contribution in [0.2, 0.25) is 0 Å². The van der Waals surface area contributed by atoms with Crippen LogP contribution >= 0.6 is 0 Å². The van der Waals surface area contributed by atoms with Crippen LogP contribution in [0.1, 0.15) is 72.3 Å². The van der Waals surface area contributed by atoms with Crippen molar-refractivity contribution in [3.63, 3.8) is 0 Å². The Balaban J connectivity index is 2.08. The Bertz CT molecular complexity index is 1700. The van der Waals surface area contributed by atoms with E-state index >= 15 is 0 Å². The van der Waals surface area contributed by atoms with Gasteiger partial charge in [0.2, 0.25) is 11.8 Å². The molecule has 0 aliphatic carbocycles. The summed E-state index contributed by atoms with van der Waals surface area (Å²) >= 11 is 0. The summed E-state index contributed by atoms with van der Waals surface area (Å²) < 4.78 is 10.6. The van der Waals surface area contributed by atoms with Crippen LogP contribution in [0.15, 0.2) is 72.4 Å². The van der Waals surface area contributed by atoms with Crippen LogP contribution in [0.5, 0.6) is 5.75 Å². The standard InChI is InChI=1S/C42H58N4O11/c1-25(2)37-40(53)43-33(24-29-14-11-15-30(48)23-29)41(54)46-22-12-16-32(45-46)42(55)57-35(26(3)13-10-19-36(50)56-6)18-9-7-8-17-34(49)28(5)38(51)31(39(52)44-37)21-20-27(4)47/h7-11,13-15,17,19,23,25,28,31-35,37-38,45,48-49,51H,12,16,18,20-22,24H2,1-6H3,(H,43,53)(H,44,52)/b9-7+,17-8+,19-10+,26-13+/t28-,31+,32-,33?,34?,35?,37-,38+/m0/s1. The number of aromatic hydroxyl groups is 1. The summed E-state index contributed by atoms with van der Waals surface area (Å²) in [5.41, 5.74) is 4.10. The average molecular weight is 795 g/mol. The maximum atomic E-state index is 14.3. The summed E-state index contributed by atoms with van der Waals surface area (Å²) in [4.78, 5) is 79.5. The number of amides is 3. The maximum absolute atomic E-state index is 14.3. The lowest BCUT2D eigenvalue weighted by Gasteiger charge is -2.36. The molecular weight excluding hydrogens is 736 g/mol. The van der Waals surface area contributed by atoms with Crippen LogP contribution in [0.4, 0.5) is 0 Å². The lowest BCUT2D eigenvalue weighted by Crippen LogP contribution is -2.62. The van der Waals surface area contributed by atoms with Crippen LogP contribution in [0.25, 0.3) is 0 Å². The molecule has 2 bridgehead atoms. The lowest BCUT2D eigenvalue weighted by atomic mass is 9.84. The molecule has 57 heavy (non-hydrogen) atoms. The first-order valence-electron chi connectivity index (χ1n) is 19.3. The van der Waals surface area contributed by atoms with Gasteiger partial charge in [0.25, 0.3) is 5.91 Å². The SMILES string of the molecule is COC(=O)/C=C/C=C(\C)C1C/C=C/C=C/C(O)[C@H](C)[C@@H](O)[C@@H](CCC(C)=O)C(=O)N[C@@H](C(C)C)C(=O)NC(Cc2cccc(O)c2)C(=O)N2CCC[C@H](N2)C(=O)O1. The molecule has 3 rings (SSSR count). The number of hydrazine groups is 1. The summed E-state index contributed by atoms with van der Waals surface area (Å²) in [6, 6.07) is 2.88. The lowest BCUT2D eigenvalue weighted by molar-refractivity contribution is -0.156. The molecule has 0 radical (unpaired) electrons. The molecule has 0 saturated carbocycles. The van der Waals surface area contributed by atoms with E-state index in [1.165, 1.54) is 49.4 Å². The summed E-state index contributed by atoms with van der Waals surface area (Å²) in [7, 11) is 1.25. The topological polar surface area (TPSA) is 221 Å². The highest BCUT2D eigenvalue weighted by Crippen LogP contribution is 2.24. The molecule has 3 amide bonds. The van der Waals surface area contributed by atoms with Crippen LogP contribution in [-0.4, -0.2) is 106 Å². The number of cyclic esters (lactones) is 1. The van der Waals surface area contributed by atoms with Gasteiger partial charge in [-0.05, 0) is 62.3 Å². The van der Waals surface area contributed by atoms with E-state index in [-0.39, 0.29) is 43.8 Å². The molecule has 15 heteroatoms. The van der Waals surface area contributed by atoms with Crippen LogP contribution in [-0.2, 0) is 44.7 Å². The molecule has 2 aliphatic rings. The number of benzene rings is 1. The molecule has 1 aromatic carbocycles. The number of aliphatic hydroxyl groups is 2. The van der Waals surface area contributed by atoms with E-state index in [2.05, 4.69) is 20.8 Å². The minimum Gasteiger partial charge on any atom is -0.508 e. The molecule has 8 atom stereocenters. The third-order valence-corrected chi connectivity index (χ3v) is 10.0. The van der Waals surface area contributed by atoms with Crippen molar-refractivity contribution in [3.05, 3.63) is 77.9 Å². The minimum absolute atomic E-state index is 0.0303. The van der Waals surface area contributed by atoms with Crippen molar-refractivity contribution in [2.45, 2.75) is 110 Å². The number of phenols is 1. The first-order valence-corrected chi connectivity index (χ1v) is 19.3. The van der Waals surface area contributed by atoms with Crippen LogP contribution in [0.3, 0.4) is 0 Å². The number of ether oxygens (including phenoxy) is 2. The van der Waals surface area contributed by atoms with E-state index in [0.29, 0.717) is 24.0 Å². The van der Waals surface area contributed by atoms with E-state index in [0.717, 1.165) is 0 Å². The Morgan fingerprint density at radius 3 is 2.47 bits per heavy atom. The molecule has 2 heterocycles. The summed E-state index contributed by atoms with van der Waals surface area (Å²) in [5, 5.41) is 39.4. The van der Waals surface area contributed by atoms with Crippen molar-refractivity contribution in [2.24, 2.45) is 17.8 Å². The highest BCUT2D eigenvalue weighted by Gasteiger charge is 2.38. The van der Waals surface area contributed by atoms with Gasteiger partial charge in [-0.2, -0.15) is 0 Å². The number of carbonyl (C=O) groups excluding carboxylic acids is 6. The number of aliphatic hydroxyl groups excluding tert-OH is 2. The van der Waals surface area contributed by atoms with E-state index in [1.807, 2.05) is 0 Å². The van der Waals surface area contributed by atoms with Crippen molar-refractivity contribution in [1.29, 1.82) is 0 Å². The quantitative estimate of drug-likeness (QED) is 0.121. The minimum atomic E-state index is -1.42. The zero-order chi connectivity index (χ0) is 42.2. The number of Topliss-reactive ketones (excluding diaryl/α,β-unsaturated/α-hetero) is 1. The second kappa shape index (κ2) is 22.6. The number of esters is 2.